The van der Waals surface area contributed by atoms with Crippen LogP contribution in [0.5, 0.6) is 0 Å². The third-order valence-electron chi connectivity index (χ3n) is 12.3. The second-order valence-electron chi connectivity index (χ2n) is 16.3. The van der Waals surface area contributed by atoms with Gasteiger partial charge in [-0.2, -0.15) is 0 Å². The first kappa shape index (κ1) is 45.9. The lowest BCUT2D eigenvalue weighted by molar-refractivity contribution is -0.911. The minimum Gasteiger partial charge on any atom is -0.550 e. The van der Waals surface area contributed by atoms with Crippen molar-refractivity contribution in [2.45, 2.75) is 100 Å². The summed E-state index contributed by atoms with van der Waals surface area (Å²) in [5.41, 5.74) is 6.50. The van der Waals surface area contributed by atoms with E-state index in [0.29, 0.717) is 13.0 Å². The van der Waals surface area contributed by atoms with E-state index in [0.717, 1.165) is 49.8 Å². The van der Waals surface area contributed by atoms with Crippen molar-refractivity contribution in [3.05, 3.63) is 36.6 Å². The number of nitrogens with one attached hydrogen (secondary N) is 2. The monoisotopic (exact) mass is 826 g/mol. The number of carbonyl (C=O) groups is 2. The van der Waals surface area contributed by atoms with Crippen molar-refractivity contribution in [3.63, 3.8) is 0 Å². The maximum absolute atomic E-state index is 14.1. The molecule has 2 saturated heterocycles. The van der Waals surface area contributed by atoms with Gasteiger partial charge in [0.15, 0.2) is 25.1 Å². The number of nitrogens with two attached hydrogens (primary N) is 2. The Morgan fingerprint density at radius 1 is 1.16 bits per heavy atom. The molecule has 1 spiro atoms. The molecule has 2 saturated carbocycles. The Morgan fingerprint density at radius 2 is 1.91 bits per heavy atom. The molecule has 19 nitrogen and oxygen atoms in total. The molecule has 328 valence electrons. The van der Waals surface area contributed by atoms with Gasteiger partial charge in [0.2, 0.25) is 12.1 Å². The average molecular weight is 827 g/mol. The molecule has 19 heteroatoms. The molecule has 0 bridgehead atoms. The van der Waals surface area contributed by atoms with E-state index in [2.05, 4.69) is 16.9 Å². The van der Waals surface area contributed by atoms with Gasteiger partial charge in [0.25, 0.3) is 0 Å². The Morgan fingerprint density at radius 3 is 2.57 bits per heavy atom. The molecule has 0 aromatic heterocycles. The number of carboxylic acid groups (broad SMARTS) is 1. The van der Waals surface area contributed by atoms with E-state index in [9.17, 15) is 45.3 Å². The highest BCUT2D eigenvalue weighted by molar-refractivity contribution is 5.89. The van der Waals surface area contributed by atoms with Crippen LogP contribution in [0.1, 0.15) is 51.4 Å². The summed E-state index contributed by atoms with van der Waals surface area (Å²) in [7, 11) is 1.67. The number of hydrogen-bond acceptors (Lipinski definition) is 15. The number of quaternary nitrogens is 2. The summed E-state index contributed by atoms with van der Waals surface area (Å²) in [6, 6.07) is -0.816. The smallest absolute Gasteiger partial charge is 0.338 e. The van der Waals surface area contributed by atoms with Gasteiger partial charge in [0.05, 0.1) is 69.0 Å². The predicted octanol–water partition coefficient (Wildman–Crippen LogP) is -5.30. The van der Waals surface area contributed by atoms with Crippen LogP contribution >= 0.6 is 0 Å². The minimum absolute atomic E-state index is 0.0157. The first-order valence-electron chi connectivity index (χ1n) is 20.4. The Bertz CT molecular complexity index is 1470. The third kappa shape index (κ3) is 10.7. The Hall–Kier alpha value is -3.21. The number of esters is 1. The normalized spacial score (nSPS) is 36.1. The fourth-order valence-corrected chi connectivity index (χ4v) is 9.29. The zero-order valence-electron chi connectivity index (χ0n) is 33.2. The lowest BCUT2D eigenvalue weighted by Gasteiger charge is -2.47. The summed E-state index contributed by atoms with van der Waals surface area (Å²) in [6.07, 6.45) is 5.27. The molecular weight excluding hydrogens is 762 g/mol. The second-order valence-corrected chi connectivity index (χ2v) is 16.3. The summed E-state index contributed by atoms with van der Waals surface area (Å²) < 4.78 is 29.8. The number of aliphatic carboxylic acids is 1. The van der Waals surface area contributed by atoms with E-state index < -0.39 is 84.9 Å². The number of aliphatic hydroxyl groups is 6. The number of rotatable bonds is 18. The quantitative estimate of drug-likeness (QED) is 0.0154. The van der Waals surface area contributed by atoms with Crippen LogP contribution in [0, 0.1) is 29.1 Å². The van der Waals surface area contributed by atoms with Gasteiger partial charge in [-0.25, -0.2) is 4.79 Å². The van der Waals surface area contributed by atoms with Gasteiger partial charge in [0, 0.05) is 25.0 Å². The topological polar surface area (TPSA) is 296 Å². The molecular formula is C39H64N5O14+. The van der Waals surface area contributed by atoms with Crippen LogP contribution in [0.3, 0.4) is 0 Å². The molecule has 0 amide bonds. The maximum Gasteiger partial charge on any atom is 0.338 e. The van der Waals surface area contributed by atoms with Crippen LogP contribution in [0.2, 0.25) is 0 Å². The van der Waals surface area contributed by atoms with Crippen molar-refractivity contribution >= 4 is 17.9 Å². The summed E-state index contributed by atoms with van der Waals surface area (Å²) in [4.78, 5) is 31.7. The fourth-order valence-electron chi connectivity index (χ4n) is 9.29. The number of ether oxygens (including phenoxy) is 5. The number of carboxylic acids is 1. The van der Waals surface area contributed by atoms with Gasteiger partial charge in [-0.15, -0.1) is 6.58 Å². The summed E-state index contributed by atoms with van der Waals surface area (Å²) in [5.74, 6) is -8.21. The van der Waals surface area contributed by atoms with Crippen LogP contribution < -0.4 is 26.4 Å². The number of nitrogens with zero attached hydrogens (tertiary/aromatic N) is 1. The first-order chi connectivity index (χ1) is 27.8. The second kappa shape index (κ2) is 20.9. The van der Waals surface area contributed by atoms with Crippen molar-refractivity contribution in [1.82, 2.24) is 5.32 Å². The molecule has 5 aliphatic rings. The van der Waals surface area contributed by atoms with Crippen LogP contribution in [0.15, 0.2) is 41.6 Å². The molecule has 0 aromatic carbocycles. The van der Waals surface area contributed by atoms with Crippen LogP contribution in [0.4, 0.5) is 0 Å². The standard InChI is InChI=1S/C39H63N5O14/c1-3-25-26(8-7-23-18-44(14-16-46)19-27(33(49)50)30(23)43-37(40)42-13-6-15-45)28(34(51)56-24-9-12-38(17-24)10-4-5-11-38)21-54-35(25)58-36-32(55-22-41-2)39(52,53)31(48)29(20-47)57-36/h3,7-8,21,23-27,29-32,35-36,41,45-48,52-53H,1,4-6,9-20,22H2,2H3,(H,49,50)(H3,40,42,43)/p+1. The molecule has 12 unspecified atom stereocenters. The first-order valence-corrected chi connectivity index (χ1v) is 20.4. The van der Waals surface area contributed by atoms with E-state index in [-0.39, 0.29) is 62.6 Å². The highest BCUT2D eigenvalue weighted by atomic mass is 16.8. The number of aliphatic imine (C=N–C) groups is 1. The zero-order valence-corrected chi connectivity index (χ0v) is 33.2. The lowest BCUT2D eigenvalue weighted by atomic mass is 9.79. The number of allylic oxidation sites excluding steroid dienone is 1. The maximum atomic E-state index is 14.1. The van der Waals surface area contributed by atoms with Crippen LogP contribution in [-0.2, 0) is 33.3 Å². The lowest BCUT2D eigenvalue weighted by Crippen LogP contribution is -3.16. The molecule has 12 atom stereocenters. The Balaban J connectivity index is 1.48. The third-order valence-corrected chi connectivity index (χ3v) is 12.3. The number of piperidine rings is 1. The Kier molecular flexibility index (Phi) is 16.5. The predicted molar refractivity (Wildman–Crippen MR) is 201 cm³/mol. The van der Waals surface area contributed by atoms with E-state index >= 15 is 0 Å². The molecule has 3 heterocycles. The van der Waals surface area contributed by atoms with Crippen molar-refractivity contribution in [1.29, 1.82) is 0 Å². The highest BCUT2D eigenvalue weighted by Crippen LogP contribution is 2.51. The van der Waals surface area contributed by atoms with Gasteiger partial charge in [-0.05, 0) is 43.9 Å². The number of hydrogen-bond donors (Lipinski definition) is 10. The van der Waals surface area contributed by atoms with E-state index in [1.54, 1.807) is 24.5 Å². The van der Waals surface area contributed by atoms with Gasteiger partial charge < -0.3 is 85.5 Å². The van der Waals surface area contributed by atoms with Crippen molar-refractivity contribution in [2.75, 3.05) is 59.8 Å². The molecule has 5 rings (SSSR count). The molecule has 2 aliphatic carbocycles. The van der Waals surface area contributed by atoms with Crippen molar-refractivity contribution in [3.8, 4) is 0 Å². The Labute approximate surface area is 338 Å². The van der Waals surface area contributed by atoms with E-state index in [1.807, 2.05) is 0 Å². The largest absolute Gasteiger partial charge is 0.550 e. The SMILES string of the molecule is C=CC1C(OC2OC(CO)C(O)C(O)(O)C2OC[NH2+]C)OC=C(C(=O)OC2CCC3(CCCC3)C2)C1C=CC1C[NH+](CCO)CC(C(=O)[O-])C1NC(N)=NCCCO. The molecule has 0 radical (unpaired) electrons. The molecule has 4 fully saturated rings. The van der Waals surface area contributed by atoms with E-state index in [1.165, 1.54) is 12.3 Å². The van der Waals surface area contributed by atoms with Crippen LogP contribution in [-0.4, -0.2) is 157 Å². The summed E-state index contributed by atoms with van der Waals surface area (Å²) in [5, 5.41) is 78.7. The van der Waals surface area contributed by atoms with Gasteiger partial charge in [-0.1, -0.05) is 31.1 Å². The van der Waals surface area contributed by atoms with Crippen molar-refractivity contribution < 1.29 is 79.2 Å². The summed E-state index contributed by atoms with van der Waals surface area (Å²) >= 11 is 0. The van der Waals surface area contributed by atoms with E-state index in [4.69, 9.17) is 29.4 Å². The van der Waals surface area contributed by atoms with Gasteiger partial charge in [-0.3, -0.25) is 4.99 Å². The highest BCUT2D eigenvalue weighted by Gasteiger charge is 2.58. The molecule has 0 aromatic rings. The average Bonchev–Trinajstić information content (AvgIpc) is 3.83. The van der Waals surface area contributed by atoms with Crippen LogP contribution in [0.25, 0.3) is 0 Å². The molecule has 58 heavy (non-hydrogen) atoms. The number of aliphatic hydroxyl groups excluding tert-OH is 4. The van der Waals surface area contributed by atoms with Gasteiger partial charge in [0.1, 0.15) is 24.9 Å². The zero-order chi connectivity index (χ0) is 42.0. The number of carbonyl (C=O) groups excluding carboxylic acids is 2. The fraction of sp³-hybridized carbons (Fsp3) is 0.769. The van der Waals surface area contributed by atoms with Crippen molar-refractivity contribution in [2.24, 2.45) is 39.8 Å². The number of likely N-dealkylation sites (tertiary alicyclic amines) is 1. The van der Waals surface area contributed by atoms with Gasteiger partial charge >= 0.3 is 5.97 Å². The molecule has 12 N–H and O–H groups in total. The molecule has 3 aliphatic heterocycles. The summed E-state index contributed by atoms with van der Waals surface area (Å²) in [6.45, 7) is 3.84. The minimum atomic E-state index is -2.91. The number of guanidine groups is 1.